The number of benzene rings is 1. The second kappa shape index (κ2) is 10.7. The monoisotopic (exact) mass is 452 g/mol. The van der Waals surface area contributed by atoms with E-state index in [1.165, 1.54) is 24.8 Å². The average molecular weight is 453 g/mol. The van der Waals surface area contributed by atoms with Gasteiger partial charge in [0.1, 0.15) is 12.4 Å². The summed E-state index contributed by atoms with van der Waals surface area (Å²) in [5.74, 6) is 2.28. The van der Waals surface area contributed by atoms with Gasteiger partial charge in [0.15, 0.2) is 5.82 Å². The van der Waals surface area contributed by atoms with Gasteiger partial charge >= 0.3 is 0 Å². The number of fused-ring (bicyclic) bond motifs is 1. The van der Waals surface area contributed by atoms with E-state index in [-0.39, 0.29) is 11.3 Å². The van der Waals surface area contributed by atoms with Crippen molar-refractivity contribution in [2.45, 2.75) is 52.4 Å². The maximum atomic E-state index is 13.0. The minimum atomic E-state index is 0.0644. The zero-order chi connectivity index (χ0) is 23.3. The number of amides is 1. The van der Waals surface area contributed by atoms with E-state index in [1.54, 1.807) is 6.20 Å². The molecule has 1 aromatic carbocycles. The van der Waals surface area contributed by atoms with Crippen molar-refractivity contribution < 1.29 is 9.53 Å². The number of carbonyl (C=O) groups excluding carboxylic acids is 1. The molecule has 0 aliphatic carbocycles. The first kappa shape index (κ1) is 23.8. The molecule has 4 rings (SSSR count). The van der Waals surface area contributed by atoms with E-state index in [0.29, 0.717) is 11.7 Å². The van der Waals surface area contributed by atoms with Crippen molar-refractivity contribution in [1.82, 2.24) is 19.4 Å². The molecule has 1 aromatic heterocycles. The van der Waals surface area contributed by atoms with Gasteiger partial charge in [0, 0.05) is 52.2 Å². The molecule has 1 saturated heterocycles. The number of hydrogen-bond donors (Lipinski definition) is 0. The summed E-state index contributed by atoms with van der Waals surface area (Å²) in [6.07, 6.45) is 10.4. The topological polar surface area (TPSA) is 50.6 Å². The molecule has 3 heterocycles. The van der Waals surface area contributed by atoms with E-state index in [4.69, 9.17) is 4.74 Å². The van der Waals surface area contributed by atoms with Crippen LogP contribution < -0.4 is 4.74 Å². The number of piperidine rings is 1. The predicted molar refractivity (Wildman–Crippen MR) is 132 cm³/mol. The van der Waals surface area contributed by atoms with Gasteiger partial charge in [-0.3, -0.25) is 9.69 Å². The fourth-order valence-corrected chi connectivity index (χ4v) is 5.56. The molecule has 2 aromatic rings. The smallest absolute Gasteiger partial charge is 0.289 e. The molecule has 0 bridgehead atoms. The van der Waals surface area contributed by atoms with Crippen LogP contribution in [0.4, 0.5) is 0 Å². The normalized spacial score (nSPS) is 20.1. The molecule has 0 saturated carbocycles. The molecule has 0 radical (unpaired) electrons. The SMILES string of the molecule is CC(C)CN1CCOc2ccccc2CCCCC2(CCN(C(=O)c3nccn3C)CC2)C1. The fraction of sp³-hybridized carbons (Fsp3) is 0.630. The number of nitrogens with zero attached hydrogens (tertiary/aromatic N) is 4. The number of hydrogen-bond acceptors (Lipinski definition) is 4. The minimum absolute atomic E-state index is 0.0644. The molecule has 2 aliphatic rings. The van der Waals surface area contributed by atoms with Gasteiger partial charge in [0.05, 0.1) is 0 Å². The van der Waals surface area contributed by atoms with Crippen molar-refractivity contribution >= 4 is 5.91 Å². The molecule has 2 aliphatic heterocycles. The van der Waals surface area contributed by atoms with Gasteiger partial charge in [-0.25, -0.2) is 4.98 Å². The molecule has 33 heavy (non-hydrogen) atoms. The Labute approximate surface area is 198 Å². The van der Waals surface area contributed by atoms with Crippen LogP contribution in [0.1, 0.15) is 62.1 Å². The van der Waals surface area contributed by atoms with Gasteiger partial charge in [-0.2, -0.15) is 0 Å². The Bertz CT molecular complexity index is 914. The molecule has 6 nitrogen and oxygen atoms in total. The standard InChI is InChI=1S/C27H40N4O2/c1-22(2)20-30-18-19-33-24-10-5-4-8-23(24)9-6-7-11-27(21-30)12-15-31(16-13-27)26(32)25-28-14-17-29(25)3/h4-5,8,10,14,17,22H,6-7,9,11-13,15-16,18-21H2,1-3H3. The zero-order valence-corrected chi connectivity index (χ0v) is 20.6. The van der Waals surface area contributed by atoms with Crippen LogP contribution in [0.25, 0.3) is 0 Å². The largest absolute Gasteiger partial charge is 0.492 e. The maximum absolute atomic E-state index is 13.0. The Morgan fingerprint density at radius 1 is 1.12 bits per heavy atom. The van der Waals surface area contributed by atoms with Crippen molar-refractivity contribution in [2.24, 2.45) is 18.4 Å². The van der Waals surface area contributed by atoms with E-state index in [2.05, 4.69) is 48.0 Å². The molecule has 0 N–H and O–H groups in total. The van der Waals surface area contributed by atoms with Crippen molar-refractivity contribution in [2.75, 3.05) is 39.3 Å². The third-order valence-electron chi connectivity index (χ3n) is 7.35. The number of aryl methyl sites for hydroxylation is 2. The van der Waals surface area contributed by atoms with Gasteiger partial charge in [0.2, 0.25) is 0 Å². The summed E-state index contributed by atoms with van der Waals surface area (Å²) in [7, 11) is 1.89. The first-order valence-electron chi connectivity index (χ1n) is 12.7. The molecular formula is C27H40N4O2. The van der Waals surface area contributed by atoms with Crippen LogP contribution >= 0.6 is 0 Å². The van der Waals surface area contributed by atoms with Crippen LogP contribution in [-0.4, -0.2) is 64.6 Å². The van der Waals surface area contributed by atoms with Gasteiger partial charge in [-0.1, -0.05) is 38.5 Å². The quantitative estimate of drug-likeness (QED) is 0.692. The molecule has 1 amide bonds. The number of imidazole rings is 1. The summed E-state index contributed by atoms with van der Waals surface area (Å²) in [6, 6.07) is 8.52. The van der Waals surface area contributed by atoms with Crippen LogP contribution in [0.15, 0.2) is 36.7 Å². The van der Waals surface area contributed by atoms with Crippen molar-refractivity contribution in [3.05, 3.63) is 48.0 Å². The van der Waals surface area contributed by atoms with Gasteiger partial charge in [-0.15, -0.1) is 0 Å². The van der Waals surface area contributed by atoms with Crippen LogP contribution in [0.5, 0.6) is 5.75 Å². The highest BCUT2D eigenvalue weighted by Gasteiger charge is 2.38. The predicted octanol–water partition coefficient (Wildman–Crippen LogP) is 4.41. The summed E-state index contributed by atoms with van der Waals surface area (Å²) in [5, 5.41) is 0. The Morgan fingerprint density at radius 2 is 1.91 bits per heavy atom. The molecule has 0 unspecified atom stereocenters. The second-order valence-corrected chi connectivity index (χ2v) is 10.4. The number of aromatic nitrogens is 2. The highest BCUT2D eigenvalue weighted by atomic mass is 16.5. The van der Waals surface area contributed by atoms with Crippen LogP contribution in [0.3, 0.4) is 0 Å². The lowest BCUT2D eigenvalue weighted by atomic mass is 9.73. The first-order valence-corrected chi connectivity index (χ1v) is 12.7. The highest BCUT2D eigenvalue weighted by Crippen LogP contribution is 2.38. The van der Waals surface area contributed by atoms with E-state index in [1.807, 2.05) is 22.7 Å². The van der Waals surface area contributed by atoms with E-state index in [0.717, 1.165) is 64.3 Å². The lowest BCUT2D eigenvalue weighted by Gasteiger charge is -2.45. The number of likely N-dealkylation sites (tertiary alicyclic amines) is 1. The van der Waals surface area contributed by atoms with Gasteiger partial charge < -0.3 is 14.2 Å². The van der Waals surface area contributed by atoms with E-state index in [9.17, 15) is 4.79 Å². The maximum Gasteiger partial charge on any atom is 0.289 e. The van der Waals surface area contributed by atoms with E-state index >= 15 is 0 Å². The second-order valence-electron chi connectivity index (χ2n) is 10.4. The van der Waals surface area contributed by atoms with Crippen LogP contribution in [0.2, 0.25) is 0 Å². The fourth-order valence-electron chi connectivity index (χ4n) is 5.56. The Morgan fingerprint density at radius 3 is 2.64 bits per heavy atom. The molecule has 1 spiro atoms. The first-order chi connectivity index (χ1) is 16.0. The zero-order valence-electron chi connectivity index (χ0n) is 20.6. The van der Waals surface area contributed by atoms with E-state index < -0.39 is 0 Å². The highest BCUT2D eigenvalue weighted by molar-refractivity contribution is 5.90. The Hall–Kier alpha value is -2.34. The number of carbonyl (C=O) groups is 1. The number of rotatable bonds is 3. The molecule has 1 fully saturated rings. The van der Waals surface area contributed by atoms with Crippen molar-refractivity contribution in [1.29, 1.82) is 0 Å². The van der Waals surface area contributed by atoms with Crippen LogP contribution in [-0.2, 0) is 13.5 Å². The average Bonchev–Trinajstić information content (AvgIpc) is 3.22. The number of ether oxygens (including phenoxy) is 1. The summed E-state index contributed by atoms with van der Waals surface area (Å²) in [4.78, 5) is 21.9. The summed E-state index contributed by atoms with van der Waals surface area (Å²) in [5.41, 5.74) is 1.60. The summed E-state index contributed by atoms with van der Waals surface area (Å²) in [6.45, 7) is 10.1. The van der Waals surface area contributed by atoms with Crippen molar-refractivity contribution in [3.8, 4) is 5.75 Å². The molecule has 0 atom stereocenters. The Kier molecular flexibility index (Phi) is 7.74. The van der Waals surface area contributed by atoms with Crippen LogP contribution in [0, 0.1) is 11.3 Å². The Balaban J connectivity index is 1.47. The summed E-state index contributed by atoms with van der Waals surface area (Å²) < 4.78 is 8.07. The summed E-state index contributed by atoms with van der Waals surface area (Å²) >= 11 is 0. The van der Waals surface area contributed by atoms with Crippen molar-refractivity contribution in [3.63, 3.8) is 0 Å². The molecular weight excluding hydrogens is 412 g/mol. The number of para-hydroxylation sites is 1. The minimum Gasteiger partial charge on any atom is -0.492 e. The lowest BCUT2D eigenvalue weighted by Crippen LogP contribution is -2.49. The van der Waals surface area contributed by atoms with Gasteiger partial charge in [-0.05, 0) is 55.1 Å². The third kappa shape index (κ3) is 5.97. The molecule has 6 heteroatoms. The molecule has 180 valence electrons. The lowest BCUT2D eigenvalue weighted by molar-refractivity contribution is 0.0346. The van der Waals surface area contributed by atoms with Gasteiger partial charge in [0.25, 0.3) is 5.91 Å². The third-order valence-corrected chi connectivity index (χ3v) is 7.35.